The van der Waals surface area contributed by atoms with Crippen molar-refractivity contribution in [1.82, 2.24) is 10.3 Å². The monoisotopic (exact) mass is 289 g/mol. The molecule has 0 spiro atoms. The summed E-state index contributed by atoms with van der Waals surface area (Å²) in [7, 11) is 0. The van der Waals surface area contributed by atoms with E-state index < -0.39 is 0 Å². The van der Waals surface area contributed by atoms with Crippen molar-refractivity contribution >= 4 is 11.7 Å². The van der Waals surface area contributed by atoms with Gasteiger partial charge >= 0.3 is 0 Å². The van der Waals surface area contributed by atoms with Gasteiger partial charge in [0.25, 0.3) is 5.91 Å². The van der Waals surface area contributed by atoms with Crippen LogP contribution in [0.4, 0.5) is 5.82 Å². The van der Waals surface area contributed by atoms with Gasteiger partial charge in [-0.1, -0.05) is 32.6 Å². The summed E-state index contributed by atoms with van der Waals surface area (Å²) in [5.74, 6) is 0.829. The lowest BCUT2D eigenvalue weighted by molar-refractivity contribution is 0.0933. The molecule has 21 heavy (non-hydrogen) atoms. The molecular formula is C17H27N3O. The highest BCUT2D eigenvalue weighted by Gasteiger charge is 2.16. The molecule has 4 heteroatoms. The zero-order chi connectivity index (χ0) is 15.1. The maximum Gasteiger partial charge on any atom is 0.251 e. The Bertz CT molecular complexity index is 465. The molecule has 0 radical (unpaired) electrons. The summed E-state index contributed by atoms with van der Waals surface area (Å²) in [6.45, 7) is 4.92. The number of nitrogens with zero attached hydrogens (tertiary/aromatic N) is 1. The van der Waals surface area contributed by atoms with Gasteiger partial charge in [0.05, 0.1) is 0 Å². The summed E-state index contributed by atoms with van der Waals surface area (Å²) in [6, 6.07) is 4.05. The maximum absolute atomic E-state index is 12.4. The van der Waals surface area contributed by atoms with E-state index in [0.717, 1.165) is 37.3 Å². The Kier molecular flexibility index (Phi) is 6.03. The first-order chi connectivity index (χ1) is 10.2. The summed E-state index contributed by atoms with van der Waals surface area (Å²) in [5.41, 5.74) is 1.59. The first-order valence-electron chi connectivity index (χ1n) is 8.22. The average Bonchev–Trinajstić information content (AvgIpc) is 2.73. The molecule has 1 aliphatic carbocycles. The molecule has 1 amide bonds. The Morgan fingerprint density at radius 2 is 1.95 bits per heavy atom. The predicted molar refractivity (Wildman–Crippen MR) is 86.7 cm³/mol. The SMILES string of the molecule is CCCNc1cc(C(=O)NC2CCCCCC2)cc(C)n1. The Morgan fingerprint density at radius 1 is 1.24 bits per heavy atom. The number of anilines is 1. The number of pyridine rings is 1. The molecule has 1 aromatic heterocycles. The lowest BCUT2D eigenvalue weighted by Gasteiger charge is -2.17. The molecule has 1 heterocycles. The van der Waals surface area contributed by atoms with Crippen LogP contribution in [0.15, 0.2) is 12.1 Å². The zero-order valence-corrected chi connectivity index (χ0v) is 13.2. The molecule has 116 valence electrons. The fourth-order valence-electron chi connectivity index (χ4n) is 2.84. The van der Waals surface area contributed by atoms with Gasteiger partial charge in [-0.2, -0.15) is 0 Å². The Morgan fingerprint density at radius 3 is 2.62 bits per heavy atom. The molecule has 0 bridgehead atoms. The second-order valence-electron chi connectivity index (χ2n) is 5.97. The van der Waals surface area contributed by atoms with E-state index in [4.69, 9.17) is 0 Å². The minimum Gasteiger partial charge on any atom is -0.370 e. The molecule has 1 saturated carbocycles. The average molecular weight is 289 g/mol. The van der Waals surface area contributed by atoms with Crippen molar-refractivity contribution in [2.75, 3.05) is 11.9 Å². The Labute approximate surface area is 127 Å². The third-order valence-electron chi connectivity index (χ3n) is 3.96. The van der Waals surface area contributed by atoms with Gasteiger partial charge in [0, 0.05) is 23.8 Å². The first-order valence-corrected chi connectivity index (χ1v) is 8.22. The fourth-order valence-corrected chi connectivity index (χ4v) is 2.84. The lowest BCUT2D eigenvalue weighted by Crippen LogP contribution is -2.34. The number of amides is 1. The second kappa shape index (κ2) is 8.01. The van der Waals surface area contributed by atoms with E-state index in [2.05, 4.69) is 22.5 Å². The van der Waals surface area contributed by atoms with E-state index in [1.807, 2.05) is 19.1 Å². The molecule has 1 aromatic rings. The molecule has 2 rings (SSSR count). The van der Waals surface area contributed by atoms with E-state index in [9.17, 15) is 4.79 Å². The van der Waals surface area contributed by atoms with Gasteiger partial charge in [-0.3, -0.25) is 4.79 Å². The summed E-state index contributed by atoms with van der Waals surface area (Å²) in [5, 5.41) is 6.44. The number of hydrogen-bond acceptors (Lipinski definition) is 3. The van der Waals surface area contributed by atoms with Gasteiger partial charge in [0.1, 0.15) is 5.82 Å². The normalized spacial score (nSPS) is 16.3. The van der Waals surface area contributed by atoms with Crippen LogP contribution in [0.1, 0.15) is 67.9 Å². The van der Waals surface area contributed by atoms with Gasteiger partial charge in [-0.25, -0.2) is 4.98 Å². The third-order valence-corrected chi connectivity index (χ3v) is 3.96. The number of nitrogens with one attached hydrogen (secondary N) is 2. The Hall–Kier alpha value is -1.58. The highest BCUT2D eigenvalue weighted by Crippen LogP contribution is 2.18. The van der Waals surface area contributed by atoms with Crippen molar-refractivity contribution in [3.63, 3.8) is 0 Å². The topological polar surface area (TPSA) is 54.0 Å². The number of hydrogen-bond donors (Lipinski definition) is 2. The van der Waals surface area contributed by atoms with Crippen LogP contribution in [-0.2, 0) is 0 Å². The number of carbonyl (C=O) groups excluding carboxylic acids is 1. The van der Waals surface area contributed by atoms with Crippen LogP contribution >= 0.6 is 0 Å². The summed E-state index contributed by atoms with van der Waals surface area (Å²) in [4.78, 5) is 16.9. The van der Waals surface area contributed by atoms with Crippen LogP contribution in [0.2, 0.25) is 0 Å². The number of aromatic nitrogens is 1. The van der Waals surface area contributed by atoms with Crippen LogP contribution < -0.4 is 10.6 Å². The van der Waals surface area contributed by atoms with E-state index in [0.29, 0.717) is 11.6 Å². The van der Waals surface area contributed by atoms with Crippen LogP contribution in [0.25, 0.3) is 0 Å². The molecule has 0 aliphatic heterocycles. The van der Waals surface area contributed by atoms with Crippen molar-refractivity contribution in [1.29, 1.82) is 0 Å². The van der Waals surface area contributed by atoms with Gasteiger partial charge in [0.15, 0.2) is 0 Å². The number of carbonyl (C=O) groups is 1. The molecular weight excluding hydrogens is 262 g/mol. The van der Waals surface area contributed by atoms with Crippen molar-refractivity contribution in [2.24, 2.45) is 0 Å². The van der Waals surface area contributed by atoms with E-state index in [1.54, 1.807) is 0 Å². The molecule has 2 N–H and O–H groups in total. The molecule has 4 nitrogen and oxygen atoms in total. The zero-order valence-electron chi connectivity index (χ0n) is 13.2. The third kappa shape index (κ3) is 5.03. The largest absolute Gasteiger partial charge is 0.370 e. The van der Waals surface area contributed by atoms with E-state index in [-0.39, 0.29) is 5.91 Å². The van der Waals surface area contributed by atoms with E-state index >= 15 is 0 Å². The first kappa shape index (κ1) is 15.8. The van der Waals surface area contributed by atoms with Gasteiger partial charge in [-0.15, -0.1) is 0 Å². The molecule has 0 unspecified atom stereocenters. The van der Waals surface area contributed by atoms with Crippen LogP contribution in [0, 0.1) is 6.92 Å². The summed E-state index contributed by atoms with van der Waals surface area (Å²) in [6.07, 6.45) is 8.30. The van der Waals surface area contributed by atoms with Crippen molar-refractivity contribution < 1.29 is 4.79 Å². The molecule has 1 aliphatic rings. The van der Waals surface area contributed by atoms with Crippen molar-refractivity contribution in [3.05, 3.63) is 23.4 Å². The van der Waals surface area contributed by atoms with Crippen molar-refractivity contribution in [3.8, 4) is 0 Å². The van der Waals surface area contributed by atoms with Gasteiger partial charge in [-0.05, 0) is 38.3 Å². The highest BCUT2D eigenvalue weighted by molar-refractivity contribution is 5.95. The predicted octanol–water partition coefficient (Wildman–Crippen LogP) is 3.66. The number of rotatable bonds is 5. The number of aryl methyl sites for hydroxylation is 1. The minimum absolute atomic E-state index is 0.0342. The molecule has 0 saturated heterocycles. The second-order valence-corrected chi connectivity index (χ2v) is 5.97. The van der Waals surface area contributed by atoms with Crippen molar-refractivity contribution in [2.45, 2.75) is 64.8 Å². The van der Waals surface area contributed by atoms with Crippen LogP contribution in [0.5, 0.6) is 0 Å². The van der Waals surface area contributed by atoms with Gasteiger partial charge < -0.3 is 10.6 Å². The molecule has 0 atom stereocenters. The lowest BCUT2D eigenvalue weighted by atomic mass is 10.1. The standard InChI is InChI=1S/C17H27N3O/c1-3-10-18-16-12-14(11-13(2)19-16)17(21)20-15-8-6-4-5-7-9-15/h11-12,15H,3-10H2,1-2H3,(H,18,19)(H,20,21). The Balaban J connectivity index is 2.01. The highest BCUT2D eigenvalue weighted by atomic mass is 16.1. The van der Waals surface area contributed by atoms with Crippen LogP contribution in [-0.4, -0.2) is 23.5 Å². The molecule has 1 fully saturated rings. The quantitative estimate of drug-likeness (QED) is 0.813. The summed E-state index contributed by atoms with van der Waals surface area (Å²) >= 11 is 0. The fraction of sp³-hybridized carbons (Fsp3) is 0.647. The minimum atomic E-state index is 0.0342. The van der Waals surface area contributed by atoms with Gasteiger partial charge in [0.2, 0.25) is 0 Å². The molecule has 0 aromatic carbocycles. The maximum atomic E-state index is 12.4. The van der Waals surface area contributed by atoms with Crippen LogP contribution in [0.3, 0.4) is 0 Å². The summed E-state index contributed by atoms with van der Waals surface area (Å²) < 4.78 is 0. The smallest absolute Gasteiger partial charge is 0.251 e. The van der Waals surface area contributed by atoms with E-state index in [1.165, 1.54) is 25.7 Å².